The fourth-order valence-electron chi connectivity index (χ4n) is 1.34. The summed E-state index contributed by atoms with van der Waals surface area (Å²) in [6, 6.07) is -0.175. The molecule has 0 aliphatic heterocycles. The Morgan fingerprint density at radius 2 is 2.14 bits per heavy atom. The molecule has 0 spiro atoms. The fraction of sp³-hybridized carbons (Fsp3) is 0.727. The molecular formula is C11H22N2O. The van der Waals surface area contributed by atoms with Gasteiger partial charge in [-0.05, 0) is 20.3 Å². The van der Waals surface area contributed by atoms with E-state index in [1.54, 1.807) is 11.0 Å². The van der Waals surface area contributed by atoms with Crippen LogP contribution in [-0.2, 0) is 4.79 Å². The van der Waals surface area contributed by atoms with Crippen LogP contribution in [0.15, 0.2) is 12.7 Å². The molecular weight excluding hydrogens is 176 g/mol. The van der Waals surface area contributed by atoms with Crippen LogP contribution >= 0.6 is 0 Å². The summed E-state index contributed by atoms with van der Waals surface area (Å²) in [4.78, 5) is 13.6. The lowest BCUT2D eigenvalue weighted by molar-refractivity contribution is -0.133. The first kappa shape index (κ1) is 13.2. The zero-order chi connectivity index (χ0) is 11.1. The van der Waals surface area contributed by atoms with Crippen LogP contribution < -0.4 is 5.73 Å². The van der Waals surface area contributed by atoms with E-state index in [-0.39, 0.29) is 18.0 Å². The fourth-order valence-corrected chi connectivity index (χ4v) is 1.34. The van der Waals surface area contributed by atoms with Crippen LogP contribution in [-0.4, -0.2) is 29.4 Å². The Morgan fingerprint density at radius 1 is 1.57 bits per heavy atom. The Morgan fingerprint density at radius 3 is 2.50 bits per heavy atom. The van der Waals surface area contributed by atoms with Crippen LogP contribution in [0.5, 0.6) is 0 Å². The number of carbonyl (C=O) groups excluding carboxylic acids is 1. The molecule has 1 amide bonds. The first-order valence-electron chi connectivity index (χ1n) is 5.21. The third kappa shape index (κ3) is 3.92. The normalized spacial score (nSPS) is 12.6. The van der Waals surface area contributed by atoms with E-state index < -0.39 is 0 Å². The summed E-state index contributed by atoms with van der Waals surface area (Å²) < 4.78 is 0. The van der Waals surface area contributed by atoms with Gasteiger partial charge in [-0.2, -0.15) is 0 Å². The third-order valence-corrected chi connectivity index (χ3v) is 2.15. The third-order valence-electron chi connectivity index (χ3n) is 2.15. The molecule has 2 N–H and O–H groups in total. The van der Waals surface area contributed by atoms with Crippen molar-refractivity contribution in [1.82, 2.24) is 4.90 Å². The van der Waals surface area contributed by atoms with E-state index in [4.69, 9.17) is 5.73 Å². The van der Waals surface area contributed by atoms with Gasteiger partial charge in [0.05, 0.1) is 6.04 Å². The van der Waals surface area contributed by atoms with Crippen LogP contribution in [0.1, 0.15) is 33.6 Å². The number of hydrogen-bond acceptors (Lipinski definition) is 2. The topological polar surface area (TPSA) is 46.3 Å². The van der Waals surface area contributed by atoms with E-state index in [0.717, 1.165) is 12.8 Å². The molecule has 0 bridgehead atoms. The first-order valence-corrected chi connectivity index (χ1v) is 5.21. The molecule has 0 radical (unpaired) electrons. The molecule has 0 aromatic rings. The number of nitrogens with two attached hydrogens (primary N) is 1. The highest BCUT2D eigenvalue weighted by atomic mass is 16.2. The van der Waals surface area contributed by atoms with E-state index in [1.165, 1.54) is 0 Å². The second-order valence-corrected chi connectivity index (χ2v) is 3.77. The number of rotatable bonds is 6. The highest BCUT2D eigenvalue weighted by Gasteiger charge is 2.21. The van der Waals surface area contributed by atoms with Crippen molar-refractivity contribution in [2.75, 3.05) is 6.54 Å². The van der Waals surface area contributed by atoms with E-state index in [0.29, 0.717) is 6.54 Å². The molecule has 0 unspecified atom stereocenters. The quantitative estimate of drug-likeness (QED) is 0.658. The van der Waals surface area contributed by atoms with Gasteiger partial charge in [-0.25, -0.2) is 0 Å². The molecule has 0 aromatic heterocycles. The molecule has 0 aromatic carbocycles. The number of carbonyl (C=O) groups is 1. The van der Waals surface area contributed by atoms with Gasteiger partial charge in [0.25, 0.3) is 0 Å². The largest absolute Gasteiger partial charge is 0.335 e. The minimum Gasteiger partial charge on any atom is -0.335 e. The van der Waals surface area contributed by atoms with Crippen LogP contribution in [0.3, 0.4) is 0 Å². The Labute approximate surface area is 87.0 Å². The van der Waals surface area contributed by atoms with Crippen LogP contribution in [0.25, 0.3) is 0 Å². The Kier molecular flexibility index (Phi) is 6.21. The number of hydrogen-bond donors (Lipinski definition) is 1. The van der Waals surface area contributed by atoms with Crippen molar-refractivity contribution in [2.45, 2.75) is 45.7 Å². The van der Waals surface area contributed by atoms with Crippen molar-refractivity contribution >= 4 is 5.91 Å². The van der Waals surface area contributed by atoms with Gasteiger partial charge >= 0.3 is 0 Å². The molecule has 1 atom stereocenters. The second kappa shape index (κ2) is 6.60. The first-order chi connectivity index (χ1) is 6.54. The monoisotopic (exact) mass is 198 g/mol. The van der Waals surface area contributed by atoms with E-state index in [2.05, 4.69) is 6.58 Å². The van der Waals surface area contributed by atoms with Gasteiger partial charge in [-0.3, -0.25) is 4.79 Å². The maximum Gasteiger partial charge on any atom is 0.239 e. The zero-order valence-electron chi connectivity index (χ0n) is 9.49. The molecule has 3 nitrogen and oxygen atoms in total. The van der Waals surface area contributed by atoms with Gasteiger partial charge in [0.1, 0.15) is 0 Å². The molecule has 0 saturated carbocycles. The van der Waals surface area contributed by atoms with Crippen molar-refractivity contribution in [3.05, 3.63) is 12.7 Å². The van der Waals surface area contributed by atoms with Gasteiger partial charge in [0.2, 0.25) is 5.91 Å². The molecule has 82 valence electrons. The predicted octanol–water partition coefficient (Wildman–Crippen LogP) is 1.54. The number of nitrogens with zero attached hydrogens (tertiary/aromatic N) is 1. The lowest BCUT2D eigenvalue weighted by Gasteiger charge is -2.28. The maximum atomic E-state index is 11.8. The summed E-state index contributed by atoms with van der Waals surface area (Å²) in [6.45, 7) is 10.2. The van der Waals surface area contributed by atoms with Gasteiger partial charge < -0.3 is 10.6 Å². The van der Waals surface area contributed by atoms with Crippen molar-refractivity contribution in [2.24, 2.45) is 5.73 Å². The van der Waals surface area contributed by atoms with E-state index >= 15 is 0 Å². The lowest BCUT2D eigenvalue weighted by atomic mass is 10.1. The van der Waals surface area contributed by atoms with Gasteiger partial charge in [-0.15, -0.1) is 6.58 Å². The van der Waals surface area contributed by atoms with Gasteiger partial charge in [0.15, 0.2) is 0 Å². The molecule has 3 heteroatoms. The molecule has 0 rings (SSSR count). The van der Waals surface area contributed by atoms with Crippen molar-refractivity contribution in [3.63, 3.8) is 0 Å². The summed E-state index contributed by atoms with van der Waals surface area (Å²) in [5.41, 5.74) is 5.77. The Hall–Kier alpha value is -0.830. The average molecular weight is 198 g/mol. The predicted molar refractivity (Wildman–Crippen MR) is 59.9 cm³/mol. The standard InChI is InChI=1S/C11H22N2O/c1-5-7-10(12)11(14)13(8-6-2)9(3)4/h6,9-10H,2,5,7-8,12H2,1,3-4H3/t10-/m0/s1. The van der Waals surface area contributed by atoms with Crippen molar-refractivity contribution < 1.29 is 4.79 Å². The SMILES string of the molecule is C=CCN(C(=O)[C@@H](N)CCC)C(C)C. The molecule has 0 aliphatic rings. The van der Waals surface area contributed by atoms with Gasteiger partial charge in [-0.1, -0.05) is 19.4 Å². The van der Waals surface area contributed by atoms with Crippen molar-refractivity contribution in [1.29, 1.82) is 0 Å². The lowest BCUT2D eigenvalue weighted by Crippen LogP contribution is -2.46. The average Bonchev–Trinajstić information content (AvgIpc) is 2.13. The summed E-state index contributed by atoms with van der Waals surface area (Å²) >= 11 is 0. The molecule has 0 saturated heterocycles. The summed E-state index contributed by atoms with van der Waals surface area (Å²) in [5.74, 6) is 0.0294. The van der Waals surface area contributed by atoms with E-state index in [9.17, 15) is 4.79 Å². The van der Waals surface area contributed by atoms with Crippen LogP contribution in [0, 0.1) is 0 Å². The van der Waals surface area contributed by atoms with E-state index in [1.807, 2.05) is 20.8 Å². The van der Waals surface area contributed by atoms with Gasteiger partial charge in [0, 0.05) is 12.6 Å². The maximum absolute atomic E-state index is 11.8. The second-order valence-electron chi connectivity index (χ2n) is 3.77. The minimum atomic E-state index is -0.359. The highest BCUT2D eigenvalue weighted by Crippen LogP contribution is 2.04. The number of amides is 1. The zero-order valence-corrected chi connectivity index (χ0v) is 9.49. The summed E-state index contributed by atoms with van der Waals surface area (Å²) in [7, 11) is 0. The molecule has 0 fully saturated rings. The molecule has 14 heavy (non-hydrogen) atoms. The smallest absolute Gasteiger partial charge is 0.239 e. The van der Waals surface area contributed by atoms with Crippen LogP contribution in [0.4, 0.5) is 0 Å². The van der Waals surface area contributed by atoms with Crippen molar-refractivity contribution in [3.8, 4) is 0 Å². The summed E-state index contributed by atoms with van der Waals surface area (Å²) in [6.07, 6.45) is 3.42. The molecule has 0 heterocycles. The Balaban J connectivity index is 4.34. The summed E-state index contributed by atoms with van der Waals surface area (Å²) in [5, 5.41) is 0. The highest BCUT2D eigenvalue weighted by molar-refractivity contribution is 5.82. The Bertz CT molecular complexity index is 190. The molecule has 0 aliphatic carbocycles. The minimum absolute atomic E-state index is 0.0294. The van der Waals surface area contributed by atoms with Crippen LogP contribution in [0.2, 0.25) is 0 Å².